The first-order valence-corrected chi connectivity index (χ1v) is 5.63. The summed E-state index contributed by atoms with van der Waals surface area (Å²) >= 11 is 0. The second-order valence-electron chi connectivity index (χ2n) is 4.25. The number of rotatable bonds is 3. The average molecular weight is 266 g/mol. The molecule has 0 aromatic carbocycles. The topological polar surface area (TPSA) is 109 Å². The van der Waals surface area contributed by atoms with Crippen LogP contribution in [0.25, 0.3) is 0 Å². The number of esters is 1. The van der Waals surface area contributed by atoms with Gasteiger partial charge >= 0.3 is 5.97 Å². The summed E-state index contributed by atoms with van der Waals surface area (Å²) in [7, 11) is 0. The van der Waals surface area contributed by atoms with Crippen molar-refractivity contribution in [3.8, 4) is 0 Å². The van der Waals surface area contributed by atoms with Crippen LogP contribution in [0.15, 0.2) is 18.7 Å². The second-order valence-corrected chi connectivity index (χ2v) is 4.25. The van der Waals surface area contributed by atoms with E-state index in [9.17, 15) is 9.59 Å². The van der Waals surface area contributed by atoms with Crippen LogP contribution in [-0.2, 0) is 14.3 Å². The maximum absolute atomic E-state index is 11.1. The third-order valence-electron chi connectivity index (χ3n) is 2.85. The number of nitrogens with two attached hydrogens (primary N) is 1. The molecule has 1 fully saturated rings. The molecule has 1 aromatic heterocycles. The molecule has 1 aromatic rings. The van der Waals surface area contributed by atoms with Gasteiger partial charge in [-0.3, -0.25) is 9.59 Å². The number of hydrogen-bond donors (Lipinski definition) is 1. The molecule has 0 spiro atoms. The molecule has 1 aliphatic rings. The molecule has 0 radical (unpaired) electrons. The Kier molecular flexibility index (Phi) is 3.24. The van der Waals surface area contributed by atoms with Crippen LogP contribution in [0.3, 0.4) is 0 Å². The maximum Gasteiger partial charge on any atom is 0.303 e. The first-order valence-electron chi connectivity index (χ1n) is 5.63. The molecule has 0 saturated carbocycles. The average Bonchev–Trinajstić information content (AvgIpc) is 2.89. The predicted octanol–water partition coefficient (Wildman–Crippen LogP) is -0.0127. The standard InChI is InChI=1S/C11H14N4O4/c1-5-6(2)18-11(8(5)19-7(3)16)15-4-13-10(14-15)9(12)17/h4-5,8,11H,2H2,1,3H3,(H2,12,17)/t5-,8-,11-/m1/s1. The second kappa shape index (κ2) is 4.71. The summed E-state index contributed by atoms with van der Waals surface area (Å²) in [5, 5.41) is 3.89. The summed E-state index contributed by atoms with van der Waals surface area (Å²) in [6.07, 6.45) is 0.0199. The number of carbonyl (C=O) groups excluding carboxylic acids is 2. The lowest BCUT2D eigenvalue weighted by Gasteiger charge is -2.19. The first kappa shape index (κ1) is 13.1. The van der Waals surface area contributed by atoms with Crippen molar-refractivity contribution in [2.45, 2.75) is 26.2 Å². The van der Waals surface area contributed by atoms with Gasteiger partial charge in [-0.1, -0.05) is 13.5 Å². The van der Waals surface area contributed by atoms with E-state index in [0.29, 0.717) is 5.76 Å². The zero-order valence-electron chi connectivity index (χ0n) is 10.6. The van der Waals surface area contributed by atoms with Crippen LogP contribution >= 0.6 is 0 Å². The Morgan fingerprint density at radius 3 is 2.79 bits per heavy atom. The SMILES string of the molecule is C=C1O[C@@H](n2cnc(C(N)=O)n2)[C@H](OC(C)=O)[C@@H]1C. The van der Waals surface area contributed by atoms with Crippen molar-refractivity contribution in [2.24, 2.45) is 11.7 Å². The lowest BCUT2D eigenvalue weighted by Crippen LogP contribution is -2.29. The molecule has 8 heteroatoms. The molecule has 2 N–H and O–H groups in total. The number of aromatic nitrogens is 3. The summed E-state index contributed by atoms with van der Waals surface area (Å²) in [6.45, 7) is 6.87. The predicted molar refractivity (Wildman–Crippen MR) is 62.5 cm³/mol. The Bertz CT molecular complexity index is 539. The molecule has 0 bridgehead atoms. The van der Waals surface area contributed by atoms with Crippen LogP contribution in [0.2, 0.25) is 0 Å². The normalized spacial score (nSPS) is 26.0. The molecule has 1 aliphatic heterocycles. The zero-order chi connectivity index (χ0) is 14.2. The maximum atomic E-state index is 11.1. The fraction of sp³-hybridized carbons (Fsp3) is 0.455. The summed E-state index contributed by atoms with van der Waals surface area (Å²) in [4.78, 5) is 25.8. The Morgan fingerprint density at radius 2 is 2.26 bits per heavy atom. The van der Waals surface area contributed by atoms with Crippen LogP contribution in [0.4, 0.5) is 0 Å². The lowest BCUT2D eigenvalue weighted by molar-refractivity contribution is -0.153. The highest BCUT2D eigenvalue weighted by molar-refractivity contribution is 5.88. The molecule has 1 saturated heterocycles. The molecule has 1 amide bonds. The first-order chi connectivity index (χ1) is 8.90. The quantitative estimate of drug-likeness (QED) is 0.770. The van der Waals surface area contributed by atoms with Crippen LogP contribution < -0.4 is 5.73 Å². The molecule has 0 unspecified atom stereocenters. The van der Waals surface area contributed by atoms with E-state index < -0.39 is 24.2 Å². The number of amides is 1. The van der Waals surface area contributed by atoms with Gasteiger partial charge in [0.2, 0.25) is 12.1 Å². The van der Waals surface area contributed by atoms with Crippen molar-refractivity contribution < 1.29 is 19.1 Å². The van der Waals surface area contributed by atoms with Gasteiger partial charge in [-0.05, 0) is 0 Å². The molecular formula is C11H14N4O4. The van der Waals surface area contributed by atoms with Gasteiger partial charge in [-0.2, -0.15) is 0 Å². The Hall–Kier alpha value is -2.38. The smallest absolute Gasteiger partial charge is 0.303 e. The van der Waals surface area contributed by atoms with Crippen molar-refractivity contribution >= 4 is 11.9 Å². The van der Waals surface area contributed by atoms with Gasteiger partial charge in [-0.15, -0.1) is 5.10 Å². The highest BCUT2D eigenvalue weighted by Gasteiger charge is 2.42. The number of carbonyl (C=O) groups is 2. The lowest BCUT2D eigenvalue weighted by atomic mass is 10.1. The number of ether oxygens (including phenoxy) is 2. The van der Waals surface area contributed by atoms with Gasteiger partial charge in [0, 0.05) is 6.92 Å². The van der Waals surface area contributed by atoms with Gasteiger partial charge in [0.1, 0.15) is 6.33 Å². The van der Waals surface area contributed by atoms with Crippen LogP contribution in [0, 0.1) is 5.92 Å². The summed E-state index contributed by atoms with van der Waals surface area (Å²) in [5.74, 6) is -1.01. The summed E-state index contributed by atoms with van der Waals surface area (Å²) in [6, 6.07) is 0. The van der Waals surface area contributed by atoms with Gasteiger partial charge in [0.15, 0.2) is 6.10 Å². The van der Waals surface area contributed by atoms with E-state index in [1.807, 2.05) is 6.92 Å². The third-order valence-corrected chi connectivity index (χ3v) is 2.85. The molecule has 8 nitrogen and oxygen atoms in total. The zero-order valence-corrected chi connectivity index (χ0v) is 10.6. The van der Waals surface area contributed by atoms with Gasteiger partial charge in [0.25, 0.3) is 5.91 Å². The van der Waals surface area contributed by atoms with Crippen molar-refractivity contribution in [1.29, 1.82) is 0 Å². The minimum absolute atomic E-state index is 0.129. The van der Waals surface area contributed by atoms with E-state index in [4.69, 9.17) is 15.2 Å². The van der Waals surface area contributed by atoms with Crippen molar-refractivity contribution in [3.63, 3.8) is 0 Å². The number of primary amides is 1. The monoisotopic (exact) mass is 266 g/mol. The third kappa shape index (κ3) is 2.42. The molecule has 2 heterocycles. The fourth-order valence-corrected chi connectivity index (χ4v) is 1.83. The van der Waals surface area contributed by atoms with Crippen LogP contribution in [0.1, 0.15) is 30.7 Å². The minimum Gasteiger partial charge on any atom is -0.469 e. The minimum atomic E-state index is -0.743. The van der Waals surface area contributed by atoms with Crippen LogP contribution in [-0.4, -0.2) is 32.7 Å². The fourth-order valence-electron chi connectivity index (χ4n) is 1.83. The van der Waals surface area contributed by atoms with E-state index in [0.717, 1.165) is 0 Å². The molecule has 19 heavy (non-hydrogen) atoms. The molecule has 3 atom stereocenters. The Morgan fingerprint density at radius 1 is 1.58 bits per heavy atom. The Balaban J connectivity index is 2.27. The van der Waals surface area contributed by atoms with Gasteiger partial charge in [-0.25, -0.2) is 9.67 Å². The van der Waals surface area contributed by atoms with E-state index in [2.05, 4.69) is 16.7 Å². The molecule has 0 aliphatic carbocycles. The van der Waals surface area contributed by atoms with Crippen molar-refractivity contribution in [2.75, 3.05) is 0 Å². The van der Waals surface area contributed by atoms with Gasteiger partial charge in [0.05, 0.1) is 11.7 Å². The van der Waals surface area contributed by atoms with Crippen LogP contribution in [0.5, 0.6) is 0 Å². The molecular weight excluding hydrogens is 252 g/mol. The summed E-state index contributed by atoms with van der Waals surface area (Å²) in [5.41, 5.74) is 5.07. The highest BCUT2D eigenvalue weighted by atomic mass is 16.6. The van der Waals surface area contributed by atoms with Gasteiger partial charge < -0.3 is 15.2 Å². The van der Waals surface area contributed by atoms with E-state index in [-0.39, 0.29) is 11.7 Å². The summed E-state index contributed by atoms with van der Waals surface area (Å²) < 4.78 is 12.0. The Labute approximate surface area is 109 Å². The van der Waals surface area contributed by atoms with Crippen molar-refractivity contribution in [1.82, 2.24) is 14.8 Å². The highest BCUT2D eigenvalue weighted by Crippen LogP contribution is 2.37. The number of hydrogen-bond acceptors (Lipinski definition) is 6. The van der Waals surface area contributed by atoms with Crippen molar-refractivity contribution in [3.05, 3.63) is 24.5 Å². The molecule has 2 rings (SSSR count). The van der Waals surface area contributed by atoms with E-state index in [1.54, 1.807) is 0 Å². The number of nitrogens with zero attached hydrogens (tertiary/aromatic N) is 3. The van der Waals surface area contributed by atoms with E-state index >= 15 is 0 Å². The molecule has 102 valence electrons. The van der Waals surface area contributed by atoms with E-state index in [1.165, 1.54) is 17.9 Å². The largest absolute Gasteiger partial charge is 0.469 e.